The van der Waals surface area contributed by atoms with Crippen molar-refractivity contribution in [2.45, 2.75) is 32.6 Å². The molecule has 0 atom stereocenters. The van der Waals surface area contributed by atoms with E-state index in [0.717, 1.165) is 30.2 Å². The molecule has 1 N–H and O–H groups in total. The lowest BCUT2D eigenvalue weighted by atomic mass is 10.1. The van der Waals surface area contributed by atoms with Crippen LogP contribution in [0.15, 0.2) is 48.5 Å². The molecule has 22 heavy (non-hydrogen) atoms. The summed E-state index contributed by atoms with van der Waals surface area (Å²) in [7, 11) is 0. The van der Waals surface area contributed by atoms with Crippen LogP contribution in [0.2, 0.25) is 0 Å². The monoisotopic (exact) mass is 310 g/mol. The van der Waals surface area contributed by atoms with Gasteiger partial charge in [-0.25, -0.2) is 0 Å². The van der Waals surface area contributed by atoms with E-state index >= 15 is 0 Å². The molecule has 0 radical (unpaired) electrons. The van der Waals surface area contributed by atoms with E-state index in [2.05, 4.69) is 65.7 Å². The fourth-order valence-corrected chi connectivity index (χ4v) is 3.18. The topological polar surface area (TPSA) is 15.3 Å². The SMILES string of the molecule is CCCCc1ccc(NC(=S)N2CCc3ccccc32)cc1. The first-order valence-corrected chi connectivity index (χ1v) is 8.44. The van der Waals surface area contributed by atoms with Crippen molar-refractivity contribution in [1.82, 2.24) is 0 Å². The molecule has 3 heteroatoms. The molecule has 0 aromatic heterocycles. The summed E-state index contributed by atoms with van der Waals surface area (Å²) in [5.41, 5.74) is 5.07. The van der Waals surface area contributed by atoms with Crippen LogP contribution in [0.3, 0.4) is 0 Å². The van der Waals surface area contributed by atoms with E-state index in [1.807, 2.05) is 0 Å². The maximum absolute atomic E-state index is 5.59. The van der Waals surface area contributed by atoms with Crippen molar-refractivity contribution < 1.29 is 0 Å². The summed E-state index contributed by atoms with van der Waals surface area (Å²) in [6, 6.07) is 17.1. The summed E-state index contributed by atoms with van der Waals surface area (Å²) in [6.45, 7) is 3.18. The second kappa shape index (κ2) is 6.93. The Bertz CT molecular complexity index is 649. The predicted molar refractivity (Wildman–Crippen MR) is 98.8 cm³/mol. The number of rotatable bonds is 4. The Morgan fingerprint density at radius 2 is 1.91 bits per heavy atom. The van der Waals surface area contributed by atoms with Crippen LogP contribution in [0.1, 0.15) is 30.9 Å². The van der Waals surface area contributed by atoms with E-state index in [4.69, 9.17) is 12.2 Å². The summed E-state index contributed by atoms with van der Waals surface area (Å²) in [5, 5.41) is 4.15. The highest BCUT2D eigenvalue weighted by Gasteiger charge is 2.21. The Morgan fingerprint density at radius 1 is 1.14 bits per heavy atom. The number of hydrogen-bond donors (Lipinski definition) is 1. The number of para-hydroxylation sites is 1. The van der Waals surface area contributed by atoms with Gasteiger partial charge in [-0.15, -0.1) is 0 Å². The molecule has 0 aliphatic carbocycles. The van der Waals surface area contributed by atoms with Gasteiger partial charge in [-0.1, -0.05) is 43.7 Å². The van der Waals surface area contributed by atoms with Crippen molar-refractivity contribution >= 4 is 28.7 Å². The molecule has 3 rings (SSSR count). The van der Waals surface area contributed by atoms with Gasteiger partial charge in [0.15, 0.2) is 5.11 Å². The van der Waals surface area contributed by atoms with Crippen LogP contribution in [0, 0.1) is 0 Å². The third-order valence-corrected chi connectivity index (χ3v) is 4.48. The summed E-state index contributed by atoms with van der Waals surface area (Å²) in [4.78, 5) is 2.19. The Balaban J connectivity index is 1.65. The fraction of sp³-hybridized carbons (Fsp3) is 0.316. The van der Waals surface area contributed by atoms with Crippen molar-refractivity contribution in [3.05, 3.63) is 59.7 Å². The standard InChI is InChI=1S/C19H22N2S/c1-2-3-6-15-9-11-17(12-10-15)20-19(22)21-14-13-16-7-4-5-8-18(16)21/h4-5,7-12H,2-3,6,13-14H2,1H3,(H,20,22). The van der Waals surface area contributed by atoms with Gasteiger partial charge in [0.05, 0.1) is 0 Å². The number of nitrogens with one attached hydrogen (secondary N) is 1. The zero-order valence-corrected chi connectivity index (χ0v) is 13.8. The van der Waals surface area contributed by atoms with Crippen molar-refractivity contribution in [2.24, 2.45) is 0 Å². The molecule has 0 saturated heterocycles. The van der Waals surface area contributed by atoms with Crippen LogP contribution < -0.4 is 10.2 Å². The zero-order valence-electron chi connectivity index (χ0n) is 13.0. The molecule has 0 bridgehead atoms. The van der Waals surface area contributed by atoms with Gasteiger partial charge in [-0.2, -0.15) is 0 Å². The number of thiocarbonyl (C=S) groups is 1. The number of fused-ring (bicyclic) bond motifs is 1. The third-order valence-electron chi connectivity index (χ3n) is 4.16. The molecule has 2 nitrogen and oxygen atoms in total. The summed E-state index contributed by atoms with van der Waals surface area (Å²) < 4.78 is 0. The first-order valence-electron chi connectivity index (χ1n) is 8.03. The summed E-state index contributed by atoms with van der Waals surface area (Å²) >= 11 is 5.59. The van der Waals surface area contributed by atoms with E-state index < -0.39 is 0 Å². The van der Waals surface area contributed by atoms with E-state index in [1.54, 1.807) is 0 Å². The Morgan fingerprint density at radius 3 is 2.68 bits per heavy atom. The number of unbranched alkanes of at least 4 members (excludes halogenated alkanes) is 1. The van der Waals surface area contributed by atoms with Crippen LogP contribution in [0.25, 0.3) is 0 Å². The average molecular weight is 310 g/mol. The van der Waals surface area contributed by atoms with E-state index in [-0.39, 0.29) is 0 Å². The maximum atomic E-state index is 5.59. The van der Waals surface area contributed by atoms with Crippen LogP contribution >= 0.6 is 12.2 Å². The number of hydrogen-bond acceptors (Lipinski definition) is 1. The van der Waals surface area contributed by atoms with Crippen molar-refractivity contribution in [3.63, 3.8) is 0 Å². The summed E-state index contributed by atoms with van der Waals surface area (Å²) in [6.07, 6.45) is 4.70. The molecule has 2 aromatic carbocycles. The van der Waals surface area contributed by atoms with E-state index in [9.17, 15) is 0 Å². The minimum Gasteiger partial charge on any atom is -0.332 e. The van der Waals surface area contributed by atoms with Crippen molar-refractivity contribution in [1.29, 1.82) is 0 Å². The lowest BCUT2D eigenvalue weighted by Crippen LogP contribution is -2.33. The molecule has 1 aliphatic rings. The Kier molecular flexibility index (Phi) is 4.74. The van der Waals surface area contributed by atoms with Gasteiger partial charge in [-0.05, 0) is 60.8 Å². The molecule has 0 spiro atoms. The van der Waals surface area contributed by atoms with Crippen LogP contribution in [0.4, 0.5) is 11.4 Å². The van der Waals surface area contributed by atoms with E-state index in [0.29, 0.717) is 0 Å². The smallest absolute Gasteiger partial charge is 0.177 e. The molecule has 0 unspecified atom stereocenters. The predicted octanol–water partition coefficient (Wildman–Crippen LogP) is 4.79. The lowest BCUT2D eigenvalue weighted by molar-refractivity contribution is 0.795. The molecule has 0 fully saturated rings. The van der Waals surface area contributed by atoms with Gasteiger partial charge in [0.2, 0.25) is 0 Å². The minimum atomic E-state index is 0.784. The van der Waals surface area contributed by atoms with Crippen molar-refractivity contribution in [3.8, 4) is 0 Å². The van der Waals surface area contributed by atoms with E-state index in [1.165, 1.54) is 29.7 Å². The maximum Gasteiger partial charge on any atom is 0.177 e. The third kappa shape index (κ3) is 3.30. The molecule has 1 aliphatic heterocycles. The molecular weight excluding hydrogens is 288 g/mol. The highest BCUT2D eigenvalue weighted by molar-refractivity contribution is 7.80. The second-order valence-electron chi connectivity index (χ2n) is 5.76. The van der Waals surface area contributed by atoms with Gasteiger partial charge in [-0.3, -0.25) is 0 Å². The molecule has 2 aromatic rings. The number of nitrogens with zero attached hydrogens (tertiary/aromatic N) is 1. The lowest BCUT2D eigenvalue weighted by Gasteiger charge is -2.21. The first kappa shape index (κ1) is 15.0. The fourth-order valence-electron chi connectivity index (χ4n) is 2.88. The highest BCUT2D eigenvalue weighted by Crippen LogP contribution is 2.28. The molecule has 114 valence electrons. The highest BCUT2D eigenvalue weighted by atomic mass is 32.1. The molecule has 0 saturated carbocycles. The van der Waals surface area contributed by atoms with Gasteiger partial charge in [0.1, 0.15) is 0 Å². The molecule has 1 heterocycles. The van der Waals surface area contributed by atoms with Crippen LogP contribution in [-0.2, 0) is 12.8 Å². The first-order chi connectivity index (χ1) is 10.8. The average Bonchev–Trinajstić information content (AvgIpc) is 2.98. The quantitative estimate of drug-likeness (QED) is 0.818. The molecule has 0 amide bonds. The minimum absolute atomic E-state index is 0.784. The van der Waals surface area contributed by atoms with Crippen molar-refractivity contribution in [2.75, 3.05) is 16.8 Å². The Labute approximate surface area is 138 Å². The Hall–Kier alpha value is -1.87. The van der Waals surface area contributed by atoms with Gasteiger partial charge >= 0.3 is 0 Å². The normalized spacial score (nSPS) is 13.0. The second-order valence-corrected chi connectivity index (χ2v) is 6.15. The largest absolute Gasteiger partial charge is 0.332 e. The molecular formula is C19H22N2S. The van der Waals surface area contributed by atoms with Crippen LogP contribution in [-0.4, -0.2) is 11.7 Å². The van der Waals surface area contributed by atoms with Gasteiger partial charge < -0.3 is 10.2 Å². The number of aryl methyl sites for hydroxylation is 1. The van der Waals surface area contributed by atoms with Crippen LogP contribution in [0.5, 0.6) is 0 Å². The van der Waals surface area contributed by atoms with Gasteiger partial charge in [0.25, 0.3) is 0 Å². The number of anilines is 2. The number of benzene rings is 2. The van der Waals surface area contributed by atoms with Gasteiger partial charge in [0, 0.05) is 17.9 Å². The summed E-state index contributed by atoms with van der Waals surface area (Å²) in [5.74, 6) is 0. The zero-order chi connectivity index (χ0) is 15.4.